The molecule has 4 nitrogen and oxygen atoms in total. The normalized spacial score (nSPS) is 12.0. The van der Waals surface area contributed by atoms with Crippen molar-refractivity contribution in [2.45, 2.75) is 33.3 Å². The minimum Gasteiger partial charge on any atom is -0.450 e. The van der Waals surface area contributed by atoms with E-state index in [1.807, 2.05) is 25.1 Å². The van der Waals surface area contributed by atoms with Crippen LogP contribution in [0.4, 0.5) is 0 Å². The summed E-state index contributed by atoms with van der Waals surface area (Å²) in [5.41, 5.74) is 3.13. The molecule has 0 aliphatic carbocycles. The highest BCUT2D eigenvalue weighted by Crippen LogP contribution is 2.13. The number of Topliss-reactive ketones (excluding diaryl/α,β-unsaturated/α-hetero) is 1. The predicted octanol–water partition coefficient (Wildman–Crippen LogP) is 3.32. The third-order valence-corrected chi connectivity index (χ3v) is 3.88. The largest absolute Gasteiger partial charge is 0.450 e. The van der Waals surface area contributed by atoms with E-state index in [2.05, 4.69) is 6.92 Å². The van der Waals surface area contributed by atoms with E-state index in [0.717, 1.165) is 12.1 Å². The van der Waals surface area contributed by atoms with Gasteiger partial charge in [0.2, 0.25) is 5.78 Å². The summed E-state index contributed by atoms with van der Waals surface area (Å²) < 4.78 is 7.04. The molecule has 0 radical (unpaired) electrons. The fourth-order valence-electron chi connectivity index (χ4n) is 2.23. The van der Waals surface area contributed by atoms with Gasteiger partial charge < -0.3 is 9.30 Å². The van der Waals surface area contributed by atoms with E-state index in [1.54, 1.807) is 36.7 Å². The van der Waals surface area contributed by atoms with Crippen LogP contribution in [0.2, 0.25) is 0 Å². The van der Waals surface area contributed by atoms with Gasteiger partial charge in [0.1, 0.15) is 5.69 Å². The number of ether oxygens (including phenoxy) is 1. The van der Waals surface area contributed by atoms with Crippen molar-refractivity contribution in [1.29, 1.82) is 0 Å². The van der Waals surface area contributed by atoms with E-state index < -0.39 is 12.1 Å². The average Bonchev–Trinajstić information content (AvgIpc) is 2.86. The molecule has 0 fully saturated rings. The van der Waals surface area contributed by atoms with Crippen LogP contribution in [0, 0.1) is 6.92 Å². The first-order chi connectivity index (χ1) is 10.4. The summed E-state index contributed by atoms with van der Waals surface area (Å²) in [5.74, 6) is -0.677. The summed E-state index contributed by atoms with van der Waals surface area (Å²) in [6.45, 7) is 5.56. The second-order valence-electron chi connectivity index (χ2n) is 5.38. The van der Waals surface area contributed by atoms with Gasteiger partial charge in [0.05, 0.1) is 0 Å². The fraction of sp³-hybridized carbons (Fsp3) is 0.333. The zero-order valence-corrected chi connectivity index (χ0v) is 13.4. The zero-order chi connectivity index (χ0) is 16.3. The first kappa shape index (κ1) is 16.0. The molecule has 1 aromatic heterocycles. The Morgan fingerprint density at radius 1 is 1.14 bits per heavy atom. The molecule has 4 heteroatoms. The van der Waals surface area contributed by atoms with Gasteiger partial charge in [-0.15, -0.1) is 0 Å². The Morgan fingerprint density at radius 2 is 1.77 bits per heavy atom. The molecule has 0 aliphatic rings. The highest BCUT2D eigenvalue weighted by Gasteiger charge is 2.22. The van der Waals surface area contributed by atoms with Crippen LogP contribution in [-0.2, 0) is 18.2 Å². The minimum atomic E-state index is -0.810. The molecule has 0 spiro atoms. The molecule has 1 unspecified atom stereocenters. The molecule has 0 saturated heterocycles. The predicted molar refractivity (Wildman–Crippen MR) is 85.2 cm³/mol. The van der Waals surface area contributed by atoms with Crippen LogP contribution in [0.5, 0.6) is 0 Å². The molecule has 116 valence electrons. The van der Waals surface area contributed by atoms with Crippen LogP contribution in [0.3, 0.4) is 0 Å². The third-order valence-electron chi connectivity index (χ3n) is 3.88. The number of aryl methyl sites for hydroxylation is 2. The summed E-state index contributed by atoms with van der Waals surface area (Å²) in [6.07, 6.45) is 0.112. The molecule has 2 rings (SSSR count). The molecular formula is C18H21NO3. The van der Waals surface area contributed by atoms with Crippen molar-refractivity contribution in [2.24, 2.45) is 7.05 Å². The Hall–Kier alpha value is -2.36. The molecule has 1 atom stereocenters. The third kappa shape index (κ3) is 3.27. The van der Waals surface area contributed by atoms with Gasteiger partial charge >= 0.3 is 5.97 Å². The van der Waals surface area contributed by atoms with Gasteiger partial charge in [-0.05, 0) is 38.0 Å². The number of carbonyl (C=O) groups is 2. The number of ketones is 1. The van der Waals surface area contributed by atoms with Crippen molar-refractivity contribution in [2.75, 3.05) is 0 Å². The van der Waals surface area contributed by atoms with Crippen molar-refractivity contribution < 1.29 is 14.3 Å². The van der Waals surface area contributed by atoms with Crippen molar-refractivity contribution in [1.82, 2.24) is 4.57 Å². The topological polar surface area (TPSA) is 48.3 Å². The van der Waals surface area contributed by atoms with Crippen LogP contribution < -0.4 is 0 Å². The number of rotatable bonds is 5. The fourth-order valence-corrected chi connectivity index (χ4v) is 2.23. The Kier molecular flexibility index (Phi) is 4.81. The van der Waals surface area contributed by atoms with Crippen LogP contribution >= 0.6 is 0 Å². The molecule has 1 heterocycles. The lowest BCUT2D eigenvalue weighted by atomic mass is 10.0. The Bertz CT molecular complexity index is 683. The Balaban J connectivity index is 2.07. The summed E-state index contributed by atoms with van der Waals surface area (Å²) in [4.78, 5) is 24.4. The maximum atomic E-state index is 12.3. The van der Waals surface area contributed by atoms with Crippen molar-refractivity contribution in [3.05, 3.63) is 58.9 Å². The smallest absolute Gasteiger partial charge is 0.355 e. The number of nitrogens with zero attached hydrogens (tertiary/aromatic N) is 1. The number of esters is 1. The Morgan fingerprint density at radius 3 is 2.27 bits per heavy atom. The number of hydrogen-bond donors (Lipinski definition) is 0. The van der Waals surface area contributed by atoms with Gasteiger partial charge in [-0.25, -0.2) is 4.79 Å². The van der Waals surface area contributed by atoms with Gasteiger partial charge in [0, 0.05) is 18.3 Å². The van der Waals surface area contributed by atoms with Crippen LogP contribution in [0.1, 0.15) is 46.0 Å². The first-order valence-electron chi connectivity index (χ1n) is 7.40. The van der Waals surface area contributed by atoms with E-state index in [0.29, 0.717) is 11.3 Å². The van der Waals surface area contributed by atoms with E-state index in [9.17, 15) is 9.59 Å². The van der Waals surface area contributed by atoms with Crippen molar-refractivity contribution >= 4 is 11.8 Å². The molecule has 0 N–H and O–H groups in total. The molecule has 1 aromatic carbocycles. The number of benzene rings is 1. The second kappa shape index (κ2) is 6.60. The lowest BCUT2D eigenvalue weighted by Gasteiger charge is -2.13. The molecule has 2 aromatic rings. The van der Waals surface area contributed by atoms with E-state index >= 15 is 0 Å². The average molecular weight is 299 g/mol. The quantitative estimate of drug-likeness (QED) is 0.628. The lowest BCUT2D eigenvalue weighted by molar-refractivity contribution is 0.0309. The number of aromatic nitrogens is 1. The van der Waals surface area contributed by atoms with Gasteiger partial charge in [0.25, 0.3) is 0 Å². The van der Waals surface area contributed by atoms with Gasteiger partial charge in [-0.3, -0.25) is 4.79 Å². The zero-order valence-electron chi connectivity index (χ0n) is 13.4. The molecule has 0 amide bonds. The summed E-state index contributed by atoms with van der Waals surface area (Å²) in [5, 5.41) is 0. The highest BCUT2D eigenvalue weighted by atomic mass is 16.5. The maximum absolute atomic E-state index is 12.3. The SMILES string of the molecule is CCc1ccc(C(=O)C(C)OC(=O)c2ccc(C)n2C)cc1. The molecule has 0 bridgehead atoms. The van der Waals surface area contributed by atoms with Gasteiger partial charge in [-0.1, -0.05) is 31.2 Å². The van der Waals surface area contributed by atoms with E-state index in [4.69, 9.17) is 4.74 Å². The number of carbonyl (C=O) groups excluding carboxylic acids is 2. The first-order valence-corrected chi connectivity index (χ1v) is 7.40. The summed E-state index contributed by atoms with van der Waals surface area (Å²) in [7, 11) is 1.79. The lowest BCUT2D eigenvalue weighted by Crippen LogP contribution is -2.25. The van der Waals surface area contributed by atoms with Gasteiger partial charge in [-0.2, -0.15) is 0 Å². The maximum Gasteiger partial charge on any atom is 0.355 e. The Labute approximate surface area is 130 Å². The second-order valence-corrected chi connectivity index (χ2v) is 5.38. The van der Waals surface area contributed by atoms with Crippen LogP contribution in [0.25, 0.3) is 0 Å². The molecule has 22 heavy (non-hydrogen) atoms. The van der Waals surface area contributed by atoms with Crippen molar-refractivity contribution in [3.8, 4) is 0 Å². The number of hydrogen-bond acceptors (Lipinski definition) is 3. The monoisotopic (exact) mass is 299 g/mol. The van der Waals surface area contributed by atoms with E-state index in [-0.39, 0.29) is 5.78 Å². The molecule has 0 saturated carbocycles. The van der Waals surface area contributed by atoms with Crippen LogP contribution in [0.15, 0.2) is 36.4 Å². The standard InChI is InChI=1S/C18H21NO3/c1-5-14-7-9-15(10-8-14)17(20)13(3)22-18(21)16-11-6-12(2)19(16)4/h6-11,13H,5H2,1-4H3. The summed E-state index contributed by atoms with van der Waals surface area (Å²) >= 11 is 0. The highest BCUT2D eigenvalue weighted by molar-refractivity contribution is 6.01. The van der Waals surface area contributed by atoms with Crippen molar-refractivity contribution in [3.63, 3.8) is 0 Å². The van der Waals surface area contributed by atoms with Crippen LogP contribution in [-0.4, -0.2) is 22.4 Å². The minimum absolute atomic E-state index is 0.193. The van der Waals surface area contributed by atoms with E-state index in [1.165, 1.54) is 5.56 Å². The molecule has 0 aliphatic heterocycles. The molecular weight excluding hydrogens is 278 g/mol. The van der Waals surface area contributed by atoms with Gasteiger partial charge in [0.15, 0.2) is 6.10 Å². The summed E-state index contributed by atoms with van der Waals surface area (Å²) in [6, 6.07) is 10.9.